The van der Waals surface area contributed by atoms with Gasteiger partial charge >= 0.3 is 0 Å². The van der Waals surface area contributed by atoms with Crippen molar-refractivity contribution in [3.8, 4) is 0 Å². The second kappa shape index (κ2) is 4.94. The van der Waals surface area contributed by atoms with Crippen LogP contribution in [0.4, 0.5) is 5.82 Å². The molecule has 6 nitrogen and oxygen atoms in total. The molecule has 0 saturated heterocycles. The minimum Gasteiger partial charge on any atom is -0.368 e. The highest BCUT2D eigenvalue weighted by molar-refractivity contribution is 6.32. The summed E-state index contributed by atoms with van der Waals surface area (Å²) in [7, 11) is 0. The van der Waals surface area contributed by atoms with Crippen molar-refractivity contribution >= 4 is 17.4 Å². The monoisotopic (exact) mass is 293 g/mol. The van der Waals surface area contributed by atoms with Gasteiger partial charge < -0.3 is 10.3 Å². The van der Waals surface area contributed by atoms with Gasteiger partial charge in [-0.3, -0.25) is 9.48 Å². The van der Waals surface area contributed by atoms with Gasteiger partial charge in [0.2, 0.25) is 0 Å². The maximum absolute atomic E-state index is 11.6. The Kier molecular flexibility index (Phi) is 3.25. The van der Waals surface area contributed by atoms with E-state index in [1.165, 1.54) is 0 Å². The normalized spacial score (nSPS) is 16.1. The molecule has 2 N–H and O–H groups in total. The first-order chi connectivity index (χ1) is 9.58. The number of nitrogens with one attached hydrogen (secondary N) is 2. The molecular weight excluding hydrogens is 278 g/mol. The number of aromatic amines is 1. The van der Waals surface area contributed by atoms with Gasteiger partial charge in [0.15, 0.2) is 5.82 Å². The predicted octanol–water partition coefficient (Wildman–Crippen LogP) is 1.82. The zero-order chi connectivity index (χ0) is 14.2. The van der Waals surface area contributed by atoms with E-state index in [9.17, 15) is 4.79 Å². The van der Waals surface area contributed by atoms with Gasteiger partial charge in [-0.05, 0) is 25.8 Å². The Bertz CT molecular complexity index is 660. The Balaban J connectivity index is 1.69. The summed E-state index contributed by atoms with van der Waals surface area (Å²) in [6, 6.07) is 1.92. The summed E-state index contributed by atoms with van der Waals surface area (Å²) in [5, 5.41) is 7.56. The first-order valence-corrected chi connectivity index (χ1v) is 6.94. The molecule has 0 aliphatic heterocycles. The Morgan fingerprint density at radius 3 is 3.00 bits per heavy atom. The summed E-state index contributed by atoms with van der Waals surface area (Å²) in [6.45, 7) is 3.34. The third-order valence-electron chi connectivity index (χ3n) is 3.63. The molecule has 1 saturated carbocycles. The zero-order valence-corrected chi connectivity index (χ0v) is 11.9. The van der Waals surface area contributed by atoms with E-state index in [0.717, 1.165) is 25.9 Å². The van der Waals surface area contributed by atoms with E-state index in [0.29, 0.717) is 11.6 Å². The molecule has 0 unspecified atom stereocenters. The second-order valence-electron chi connectivity index (χ2n) is 5.37. The number of halogens is 1. The van der Waals surface area contributed by atoms with Gasteiger partial charge in [0.1, 0.15) is 10.8 Å². The molecule has 0 bridgehead atoms. The van der Waals surface area contributed by atoms with Crippen LogP contribution in [-0.2, 0) is 6.54 Å². The molecule has 0 radical (unpaired) electrons. The molecule has 3 rings (SSSR count). The van der Waals surface area contributed by atoms with E-state index in [2.05, 4.69) is 20.4 Å². The van der Waals surface area contributed by atoms with E-state index >= 15 is 0 Å². The minimum absolute atomic E-state index is 0.116. The van der Waals surface area contributed by atoms with Crippen LogP contribution in [0.15, 0.2) is 23.3 Å². The summed E-state index contributed by atoms with van der Waals surface area (Å²) in [4.78, 5) is 18.4. The Hall–Kier alpha value is -1.82. The van der Waals surface area contributed by atoms with Crippen LogP contribution >= 0.6 is 11.6 Å². The van der Waals surface area contributed by atoms with Crippen LogP contribution in [0.2, 0.25) is 5.02 Å². The van der Waals surface area contributed by atoms with Crippen molar-refractivity contribution in [1.82, 2.24) is 19.7 Å². The molecule has 106 valence electrons. The van der Waals surface area contributed by atoms with Crippen LogP contribution in [-0.4, -0.2) is 26.3 Å². The third-order valence-corrected chi connectivity index (χ3v) is 3.98. The molecule has 20 heavy (non-hydrogen) atoms. The predicted molar refractivity (Wildman–Crippen MR) is 77.0 cm³/mol. The number of hydrogen-bond donors (Lipinski definition) is 2. The Labute approximate surface area is 121 Å². The SMILES string of the molecule is Cc1nc(NCC2(Cn3cccn3)CC2)c(Cl)c(=O)[nH]1. The van der Waals surface area contributed by atoms with Gasteiger partial charge in [-0.25, -0.2) is 4.98 Å². The average molecular weight is 294 g/mol. The maximum Gasteiger partial charge on any atom is 0.271 e. The van der Waals surface area contributed by atoms with Crippen LogP contribution in [0.3, 0.4) is 0 Å². The molecule has 0 amide bonds. The zero-order valence-electron chi connectivity index (χ0n) is 11.2. The largest absolute Gasteiger partial charge is 0.368 e. The lowest BCUT2D eigenvalue weighted by molar-refractivity contribution is 0.416. The van der Waals surface area contributed by atoms with Crippen LogP contribution in [0.25, 0.3) is 0 Å². The van der Waals surface area contributed by atoms with Crippen molar-refractivity contribution in [3.63, 3.8) is 0 Å². The van der Waals surface area contributed by atoms with Crippen molar-refractivity contribution < 1.29 is 0 Å². The van der Waals surface area contributed by atoms with E-state index in [4.69, 9.17) is 11.6 Å². The topological polar surface area (TPSA) is 75.6 Å². The van der Waals surface area contributed by atoms with Crippen molar-refractivity contribution in [1.29, 1.82) is 0 Å². The molecule has 1 fully saturated rings. The molecule has 1 aliphatic carbocycles. The fourth-order valence-corrected chi connectivity index (χ4v) is 2.42. The average Bonchev–Trinajstić information content (AvgIpc) is 2.97. The Morgan fingerprint density at radius 1 is 1.55 bits per heavy atom. The Morgan fingerprint density at radius 2 is 2.35 bits per heavy atom. The summed E-state index contributed by atoms with van der Waals surface area (Å²) in [6.07, 6.45) is 6.02. The van der Waals surface area contributed by atoms with Crippen molar-refractivity contribution in [2.45, 2.75) is 26.3 Å². The standard InChI is InChI=1S/C13H16ClN5O/c1-9-17-11(10(14)12(20)18-9)15-7-13(3-4-13)8-19-6-2-5-16-19/h2,5-6H,3-4,7-8H2,1H3,(H2,15,17,18,20). The van der Waals surface area contributed by atoms with Gasteiger partial charge in [0.05, 0.1) is 0 Å². The van der Waals surface area contributed by atoms with Crippen LogP contribution in [0.1, 0.15) is 18.7 Å². The van der Waals surface area contributed by atoms with Crippen LogP contribution in [0, 0.1) is 12.3 Å². The highest BCUT2D eigenvalue weighted by Gasteiger charge is 2.43. The molecule has 2 aromatic rings. The molecule has 1 aliphatic rings. The van der Waals surface area contributed by atoms with Gasteiger partial charge in [-0.15, -0.1) is 0 Å². The number of aryl methyl sites for hydroxylation is 1. The smallest absolute Gasteiger partial charge is 0.271 e. The van der Waals surface area contributed by atoms with E-state index in [1.54, 1.807) is 13.1 Å². The fourth-order valence-electron chi connectivity index (χ4n) is 2.26. The van der Waals surface area contributed by atoms with Gasteiger partial charge in [0, 0.05) is 30.9 Å². The van der Waals surface area contributed by atoms with Crippen molar-refractivity contribution in [2.24, 2.45) is 5.41 Å². The number of hydrogen-bond acceptors (Lipinski definition) is 4. The highest BCUT2D eigenvalue weighted by Crippen LogP contribution is 2.47. The number of H-pyrrole nitrogens is 1. The minimum atomic E-state index is -0.307. The lowest BCUT2D eigenvalue weighted by atomic mass is 10.1. The number of aromatic nitrogens is 4. The van der Waals surface area contributed by atoms with Gasteiger partial charge in [-0.2, -0.15) is 5.10 Å². The fraction of sp³-hybridized carbons (Fsp3) is 0.462. The lowest BCUT2D eigenvalue weighted by Gasteiger charge is -2.17. The van der Waals surface area contributed by atoms with Crippen molar-refractivity contribution in [3.05, 3.63) is 39.7 Å². The van der Waals surface area contributed by atoms with Gasteiger partial charge in [-0.1, -0.05) is 11.6 Å². The number of rotatable bonds is 5. The first kappa shape index (κ1) is 13.2. The molecule has 0 atom stereocenters. The molecule has 2 heterocycles. The molecule has 0 spiro atoms. The molecule has 0 aromatic carbocycles. The quantitative estimate of drug-likeness (QED) is 0.882. The maximum atomic E-state index is 11.6. The summed E-state index contributed by atoms with van der Waals surface area (Å²) >= 11 is 5.97. The van der Waals surface area contributed by atoms with Crippen molar-refractivity contribution in [2.75, 3.05) is 11.9 Å². The van der Waals surface area contributed by atoms with Crippen LogP contribution < -0.4 is 10.9 Å². The van der Waals surface area contributed by atoms with Crippen LogP contribution in [0.5, 0.6) is 0 Å². The van der Waals surface area contributed by atoms with E-state index < -0.39 is 0 Å². The molecule has 2 aromatic heterocycles. The van der Waals surface area contributed by atoms with Gasteiger partial charge in [0.25, 0.3) is 5.56 Å². The lowest BCUT2D eigenvalue weighted by Crippen LogP contribution is -2.23. The summed E-state index contributed by atoms with van der Waals surface area (Å²) < 4.78 is 1.94. The second-order valence-corrected chi connectivity index (χ2v) is 5.75. The van der Waals surface area contributed by atoms with E-state index in [-0.39, 0.29) is 16.0 Å². The van der Waals surface area contributed by atoms with E-state index in [1.807, 2.05) is 16.9 Å². The highest BCUT2D eigenvalue weighted by atomic mass is 35.5. The first-order valence-electron chi connectivity index (χ1n) is 6.56. The summed E-state index contributed by atoms with van der Waals surface area (Å²) in [5.41, 5.74) is -0.119. The molecule has 7 heteroatoms. The number of anilines is 1. The summed E-state index contributed by atoms with van der Waals surface area (Å²) in [5.74, 6) is 1.01. The molecular formula is C13H16ClN5O. The third kappa shape index (κ3) is 2.70. The number of nitrogens with zero attached hydrogens (tertiary/aromatic N) is 3.